The third kappa shape index (κ3) is 9.22. The molecule has 0 amide bonds. The Hall–Kier alpha value is -0.370. The van der Waals surface area contributed by atoms with E-state index >= 15 is 0 Å². The maximum absolute atomic E-state index is 10.8. The lowest BCUT2D eigenvalue weighted by Crippen LogP contribution is -2.26. The Morgan fingerprint density at radius 2 is 1.52 bits per heavy atom. The smallest absolute Gasteiger partial charge is 0.123 e. The summed E-state index contributed by atoms with van der Waals surface area (Å²) in [6, 6.07) is 0. The molecule has 2 nitrogen and oxygen atoms in total. The number of hydrogen-bond acceptors (Lipinski definition) is 2. The van der Waals surface area contributed by atoms with Crippen LogP contribution in [0.1, 0.15) is 99.3 Å². The van der Waals surface area contributed by atoms with Crippen molar-refractivity contribution in [3.8, 4) is 0 Å². The second-order valence-corrected chi connectivity index (χ2v) is 10.8. The monoisotopic (exact) mass is 352 g/mol. The minimum Gasteiger partial charge on any atom is -0.381 e. The van der Waals surface area contributed by atoms with Crippen molar-refractivity contribution in [2.45, 2.75) is 105 Å². The number of methoxy groups -OCH3 is 1. The molecule has 25 heavy (non-hydrogen) atoms. The number of aldehydes is 1. The Morgan fingerprint density at radius 3 is 1.96 bits per heavy atom. The van der Waals surface area contributed by atoms with Gasteiger partial charge in [0.25, 0.3) is 0 Å². The summed E-state index contributed by atoms with van der Waals surface area (Å²) in [6.07, 6.45) is 14.2. The lowest BCUT2D eigenvalue weighted by molar-refractivity contribution is -0.115. The Kier molecular flexibility index (Phi) is 9.15. The highest BCUT2D eigenvalue weighted by atomic mass is 16.5. The van der Waals surface area contributed by atoms with Crippen LogP contribution in [0.25, 0.3) is 0 Å². The fourth-order valence-electron chi connectivity index (χ4n) is 4.39. The van der Waals surface area contributed by atoms with Gasteiger partial charge in [0, 0.05) is 13.0 Å². The van der Waals surface area contributed by atoms with Gasteiger partial charge >= 0.3 is 0 Å². The molecule has 0 aromatic rings. The number of fused-ring (bicyclic) bond motifs is 2. The first-order valence-electron chi connectivity index (χ1n) is 10.5. The van der Waals surface area contributed by atoms with Gasteiger partial charge in [-0.3, -0.25) is 0 Å². The van der Waals surface area contributed by atoms with Gasteiger partial charge in [-0.1, -0.05) is 67.2 Å². The number of hydrogen-bond donors (Lipinski definition) is 0. The Bertz CT molecular complexity index is 375. The molecule has 2 rings (SSSR count). The predicted molar refractivity (Wildman–Crippen MR) is 108 cm³/mol. The van der Waals surface area contributed by atoms with Crippen LogP contribution in [0.4, 0.5) is 0 Å². The van der Waals surface area contributed by atoms with Gasteiger partial charge in [0.1, 0.15) is 6.29 Å². The fourth-order valence-corrected chi connectivity index (χ4v) is 4.39. The molecule has 4 atom stereocenters. The highest BCUT2D eigenvalue weighted by Crippen LogP contribution is 2.37. The minimum absolute atomic E-state index is 0.106. The van der Waals surface area contributed by atoms with E-state index in [1.165, 1.54) is 51.4 Å². The van der Waals surface area contributed by atoms with Gasteiger partial charge in [0.2, 0.25) is 0 Å². The predicted octanol–water partition coefficient (Wildman–Crippen LogP) is 6.67. The Balaban J connectivity index is 0.000000252. The number of ether oxygens (including phenoxy) is 1. The molecule has 0 aromatic carbocycles. The molecule has 0 aliphatic heterocycles. The van der Waals surface area contributed by atoms with E-state index in [0.717, 1.165) is 24.5 Å². The zero-order valence-corrected chi connectivity index (χ0v) is 18.1. The van der Waals surface area contributed by atoms with Crippen molar-refractivity contribution < 1.29 is 9.53 Å². The average Bonchev–Trinajstić information content (AvgIpc) is 2.84. The van der Waals surface area contributed by atoms with E-state index in [-0.39, 0.29) is 16.7 Å². The summed E-state index contributed by atoms with van der Waals surface area (Å²) >= 11 is 0. The van der Waals surface area contributed by atoms with Gasteiger partial charge < -0.3 is 9.53 Å². The molecule has 2 aliphatic rings. The maximum Gasteiger partial charge on any atom is 0.123 e. The van der Waals surface area contributed by atoms with Gasteiger partial charge in [-0.2, -0.15) is 0 Å². The molecular formula is C23H44O2. The Labute approximate surface area is 157 Å². The molecule has 0 N–H and O–H groups in total. The summed E-state index contributed by atoms with van der Waals surface area (Å²) in [6.45, 7) is 12.9. The second-order valence-electron chi connectivity index (χ2n) is 10.8. The molecule has 2 bridgehead atoms. The third-order valence-electron chi connectivity index (χ3n) is 6.08. The van der Waals surface area contributed by atoms with Crippen molar-refractivity contribution >= 4 is 6.29 Å². The topological polar surface area (TPSA) is 26.3 Å². The average molecular weight is 353 g/mol. The van der Waals surface area contributed by atoms with Crippen LogP contribution in [0.2, 0.25) is 0 Å². The van der Waals surface area contributed by atoms with Crippen LogP contribution in [0, 0.1) is 28.6 Å². The fraction of sp³-hybridized carbons (Fsp3) is 0.957. The summed E-state index contributed by atoms with van der Waals surface area (Å²) in [5.41, 5.74) is 0.355. The standard InChI is InChI=1S/C12H22O.C11H22O/c1-13-12-7-6-10-4-2-3-5-11(8-10)9-12;1-10(2,3)7-9(8-12)11(4,5)6/h10-12H,2-9H2,1H3;8-9H,7H2,1-6H3. The number of carbonyl (C=O) groups excluding carboxylic acids is 1. The van der Waals surface area contributed by atoms with Crippen LogP contribution < -0.4 is 0 Å². The molecule has 2 heteroatoms. The van der Waals surface area contributed by atoms with Crippen LogP contribution >= 0.6 is 0 Å². The van der Waals surface area contributed by atoms with Crippen molar-refractivity contribution in [1.82, 2.24) is 0 Å². The first-order valence-corrected chi connectivity index (χ1v) is 10.5. The van der Waals surface area contributed by atoms with Crippen molar-refractivity contribution in [2.75, 3.05) is 7.11 Å². The molecule has 0 heterocycles. The molecular weight excluding hydrogens is 308 g/mol. The van der Waals surface area contributed by atoms with E-state index in [1.54, 1.807) is 0 Å². The second kappa shape index (κ2) is 10.1. The summed E-state index contributed by atoms with van der Waals surface area (Å²) in [4.78, 5) is 10.8. The van der Waals surface area contributed by atoms with Gasteiger partial charge in [-0.05, 0) is 54.8 Å². The van der Waals surface area contributed by atoms with E-state index < -0.39 is 0 Å². The molecule has 2 saturated carbocycles. The molecule has 0 aromatic heterocycles. The molecule has 2 fully saturated rings. The van der Waals surface area contributed by atoms with Gasteiger partial charge in [0.05, 0.1) is 6.10 Å². The van der Waals surface area contributed by atoms with Gasteiger partial charge in [-0.15, -0.1) is 0 Å². The summed E-state index contributed by atoms with van der Waals surface area (Å²) in [5, 5.41) is 0. The van der Waals surface area contributed by atoms with Crippen LogP contribution in [-0.4, -0.2) is 19.5 Å². The van der Waals surface area contributed by atoms with Crippen molar-refractivity contribution in [3.63, 3.8) is 0 Å². The zero-order valence-electron chi connectivity index (χ0n) is 18.1. The summed E-state index contributed by atoms with van der Waals surface area (Å²) < 4.78 is 5.52. The quantitative estimate of drug-likeness (QED) is 0.530. The SMILES string of the molecule is CC(C)(C)CC(C=O)C(C)(C)C.COC1CCC2CCCCC(C2)C1. The number of carbonyl (C=O) groups is 1. The highest BCUT2D eigenvalue weighted by Gasteiger charge is 2.28. The van der Waals surface area contributed by atoms with Gasteiger partial charge in [-0.25, -0.2) is 0 Å². The molecule has 0 saturated heterocycles. The van der Waals surface area contributed by atoms with Crippen molar-refractivity contribution in [2.24, 2.45) is 28.6 Å². The first-order chi connectivity index (χ1) is 11.5. The van der Waals surface area contributed by atoms with E-state index in [1.807, 2.05) is 7.11 Å². The van der Waals surface area contributed by atoms with Crippen LogP contribution in [0.3, 0.4) is 0 Å². The van der Waals surface area contributed by atoms with E-state index in [0.29, 0.717) is 6.10 Å². The molecule has 0 spiro atoms. The zero-order chi connectivity index (χ0) is 19.1. The third-order valence-corrected chi connectivity index (χ3v) is 6.08. The minimum atomic E-state index is 0.106. The number of rotatable bonds is 3. The van der Waals surface area contributed by atoms with E-state index in [4.69, 9.17) is 4.74 Å². The Morgan fingerprint density at radius 1 is 0.920 bits per heavy atom. The van der Waals surface area contributed by atoms with Crippen molar-refractivity contribution in [3.05, 3.63) is 0 Å². The van der Waals surface area contributed by atoms with E-state index in [9.17, 15) is 4.79 Å². The van der Waals surface area contributed by atoms with Crippen LogP contribution in [0.15, 0.2) is 0 Å². The highest BCUT2D eigenvalue weighted by molar-refractivity contribution is 5.54. The normalized spacial score (nSPS) is 28.8. The molecule has 4 unspecified atom stereocenters. The summed E-state index contributed by atoms with van der Waals surface area (Å²) in [5.74, 6) is 2.20. The lowest BCUT2D eigenvalue weighted by atomic mass is 9.73. The molecule has 2 aliphatic carbocycles. The van der Waals surface area contributed by atoms with Crippen LogP contribution in [0.5, 0.6) is 0 Å². The maximum atomic E-state index is 10.8. The van der Waals surface area contributed by atoms with Crippen LogP contribution in [-0.2, 0) is 9.53 Å². The summed E-state index contributed by atoms with van der Waals surface area (Å²) in [7, 11) is 1.88. The molecule has 148 valence electrons. The van der Waals surface area contributed by atoms with Crippen molar-refractivity contribution in [1.29, 1.82) is 0 Å². The first kappa shape index (κ1) is 22.7. The van der Waals surface area contributed by atoms with Gasteiger partial charge in [0.15, 0.2) is 0 Å². The lowest BCUT2D eigenvalue weighted by Gasteiger charge is -2.31. The van der Waals surface area contributed by atoms with E-state index in [2.05, 4.69) is 41.5 Å². The largest absolute Gasteiger partial charge is 0.381 e. The molecule has 0 radical (unpaired) electrons.